The van der Waals surface area contributed by atoms with Gasteiger partial charge in [0.2, 0.25) is 36.4 Å². The second-order valence-electron chi connectivity index (χ2n) is 14.3. The molecule has 0 bridgehead atoms. The molecule has 7 amide bonds. The van der Waals surface area contributed by atoms with E-state index >= 15 is 0 Å². The van der Waals surface area contributed by atoms with Crippen molar-refractivity contribution < 1.29 is 56.2 Å². The number of carbonyl (C=O) groups excluding carboxylic acids is 7. The SMILES string of the molecule is C[C@@H]1NC(=O)[C@H](C)N(C)C(=O)C2CCCN2C(=O)[C@@H](NC(=O)[C@H](Cc2cc(F)cc(F)c2)NC(=O)Nc2ccc(OCF)cc2)[C@H](C)OC(=O)C2CCCN2C1=O. The molecular weight excluding hydrogens is 755 g/mol. The van der Waals surface area contributed by atoms with Crippen LogP contribution in [-0.2, 0) is 39.9 Å². The maximum Gasteiger partial charge on any atom is 0.329 e. The maximum atomic E-state index is 14.5. The van der Waals surface area contributed by atoms with E-state index in [1.807, 2.05) is 0 Å². The number of hydrogen-bond acceptors (Lipinski definition) is 9. The predicted molar refractivity (Wildman–Crippen MR) is 196 cm³/mol. The van der Waals surface area contributed by atoms with Gasteiger partial charge in [-0.2, -0.15) is 0 Å². The normalized spacial score (nSPS) is 25.2. The first-order valence-corrected chi connectivity index (χ1v) is 18.6. The van der Waals surface area contributed by atoms with E-state index in [4.69, 9.17) is 9.47 Å². The summed E-state index contributed by atoms with van der Waals surface area (Å²) in [7, 11) is 1.39. The minimum Gasteiger partial charge on any atom is -0.463 e. The number of benzene rings is 2. The Kier molecular flexibility index (Phi) is 13.6. The van der Waals surface area contributed by atoms with E-state index in [1.165, 1.54) is 66.8 Å². The zero-order valence-electron chi connectivity index (χ0n) is 31.9. The van der Waals surface area contributed by atoms with Crippen molar-refractivity contribution in [3.8, 4) is 5.75 Å². The maximum absolute atomic E-state index is 14.5. The number of urea groups is 1. The monoisotopic (exact) mass is 801 g/mol. The summed E-state index contributed by atoms with van der Waals surface area (Å²) >= 11 is 0. The molecule has 308 valence electrons. The summed E-state index contributed by atoms with van der Waals surface area (Å²) < 4.78 is 51.6. The highest BCUT2D eigenvalue weighted by Gasteiger charge is 2.45. The molecular formula is C38H46F3N7O9. The van der Waals surface area contributed by atoms with E-state index < -0.39 is 109 Å². The number of halogens is 3. The van der Waals surface area contributed by atoms with Gasteiger partial charge >= 0.3 is 12.0 Å². The minimum atomic E-state index is -1.67. The Labute approximate surface area is 326 Å². The van der Waals surface area contributed by atoms with Crippen molar-refractivity contribution in [3.63, 3.8) is 0 Å². The van der Waals surface area contributed by atoms with Gasteiger partial charge in [-0.05, 0) is 88.4 Å². The van der Waals surface area contributed by atoms with Crippen LogP contribution in [0.15, 0.2) is 42.5 Å². The highest BCUT2D eigenvalue weighted by atomic mass is 19.1. The third-order valence-corrected chi connectivity index (χ3v) is 10.3. The van der Waals surface area contributed by atoms with Crippen LogP contribution in [0.25, 0.3) is 0 Å². The van der Waals surface area contributed by atoms with E-state index in [1.54, 1.807) is 0 Å². The molecule has 3 aliphatic heterocycles. The summed E-state index contributed by atoms with van der Waals surface area (Å²) in [6.07, 6.45) is -0.629. The molecule has 4 N–H and O–H groups in total. The molecule has 0 spiro atoms. The number of amides is 7. The first kappa shape index (κ1) is 42.3. The first-order chi connectivity index (χ1) is 27.1. The van der Waals surface area contributed by atoms with Crippen molar-refractivity contribution in [2.75, 3.05) is 32.3 Å². The Morgan fingerprint density at radius 2 is 1.51 bits per heavy atom. The Morgan fingerprint density at radius 3 is 2.14 bits per heavy atom. The summed E-state index contributed by atoms with van der Waals surface area (Å²) in [6.45, 7) is 3.46. The molecule has 16 nitrogen and oxygen atoms in total. The van der Waals surface area contributed by atoms with E-state index in [0.29, 0.717) is 18.9 Å². The van der Waals surface area contributed by atoms with Crippen LogP contribution in [-0.4, -0.2) is 126 Å². The highest BCUT2D eigenvalue weighted by Crippen LogP contribution is 2.25. The average molecular weight is 802 g/mol. The van der Waals surface area contributed by atoms with Crippen molar-refractivity contribution in [1.82, 2.24) is 30.7 Å². The van der Waals surface area contributed by atoms with Gasteiger partial charge in [0.05, 0.1) is 0 Å². The van der Waals surface area contributed by atoms with Crippen LogP contribution in [0.2, 0.25) is 0 Å². The quantitative estimate of drug-likeness (QED) is 0.288. The van der Waals surface area contributed by atoms with Gasteiger partial charge in [0, 0.05) is 38.3 Å². The zero-order chi connectivity index (χ0) is 41.6. The fraction of sp³-hybridized carbons (Fsp3) is 0.500. The van der Waals surface area contributed by atoms with Gasteiger partial charge in [0.25, 0.3) is 0 Å². The van der Waals surface area contributed by atoms with Crippen LogP contribution in [0.3, 0.4) is 0 Å². The molecule has 2 aromatic rings. The van der Waals surface area contributed by atoms with Crippen LogP contribution in [0, 0.1) is 11.6 Å². The number of carbonyl (C=O) groups is 7. The zero-order valence-corrected chi connectivity index (χ0v) is 31.9. The second kappa shape index (κ2) is 18.4. The van der Waals surface area contributed by atoms with Crippen molar-refractivity contribution in [2.24, 2.45) is 0 Å². The number of hydrogen-bond donors (Lipinski definition) is 4. The molecule has 3 heterocycles. The van der Waals surface area contributed by atoms with E-state index in [2.05, 4.69) is 21.3 Å². The summed E-state index contributed by atoms with van der Waals surface area (Å²) in [5, 5.41) is 10.1. The topological polar surface area (TPSA) is 196 Å². The number of nitrogens with zero attached hydrogens (tertiary/aromatic N) is 3. The standard InChI is InChI=1S/C38H46F3N7O9/c1-20-34(51)48-14-6-8-30(48)37(54)57-22(3)31(36(53)47-13-5-7-29(47)35(52)46(4)21(2)32(49)42-20)45-33(50)28(17-23-15-24(40)18-25(41)16-23)44-38(55)43-26-9-11-27(12-10-26)56-19-39/h9-12,15-16,18,20-22,28-31H,5-8,13-14,17,19H2,1-4H3,(H,42,49)(H,45,50)(H2,43,44,55)/t20-,21-,22-,28-,29?,30?,31-/m0/s1. The fourth-order valence-corrected chi connectivity index (χ4v) is 7.15. The summed E-state index contributed by atoms with van der Waals surface area (Å²) in [6, 6.07) is -0.365. The van der Waals surface area contributed by atoms with Crippen molar-refractivity contribution in [1.29, 1.82) is 0 Å². The van der Waals surface area contributed by atoms with Gasteiger partial charge in [0.15, 0.2) is 0 Å². The molecule has 7 atom stereocenters. The number of cyclic esters (lactones) is 1. The summed E-state index contributed by atoms with van der Waals surface area (Å²) in [5.74, 6) is -6.21. The second-order valence-corrected chi connectivity index (χ2v) is 14.3. The number of nitrogens with one attached hydrogen (secondary N) is 4. The van der Waals surface area contributed by atoms with Gasteiger partial charge in [-0.3, -0.25) is 24.0 Å². The molecule has 3 aliphatic rings. The largest absolute Gasteiger partial charge is 0.463 e. The van der Waals surface area contributed by atoms with Crippen molar-refractivity contribution in [3.05, 3.63) is 59.7 Å². The number of esters is 1. The number of alkyl halides is 1. The van der Waals surface area contributed by atoms with E-state index in [0.717, 1.165) is 12.1 Å². The van der Waals surface area contributed by atoms with Crippen LogP contribution in [0.1, 0.15) is 52.0 Å². The molecule has 19 heteroatoms. The lowest BCUT2D eigenvalue weighted by Gasteiger charge is -2.36. The van der Waals surface area contributed by atoms with Gasteiger partial charge in [0.1, 0.15) is 59.7 Å². The summed E-state index contributed by atoms with van der Waals surface area (Å²) in [5.41, 5.74) is 0.175. The molecule has 5 rings (SSSR count). The molecule has 0 aliphatic carbocycles. The number of anilines is 1. The average Bonchev–Trinajstić information content (AvgIpc) is 3.86. The van der Waals surface area contributed by atoms with Crippen LogP contribution in [0.5, 0.6) is 5.75 Å². The number of rotatable bonds is 8. The molecule has 3 fully saturated rings. The Hall–Kier alpha value is -5.88. The van der Waals surface area contributed by atoms with Crippen molar-refractivity contribution in [2.45, 2.75) is 95.2 Å². The summed E-state index contributed by atoms with van der Waals surface area (Å²) in [4.78, 5) is 99.8. The molecule has 2 aromatic carbocycles. The van der Waals surface area contributed by atoms with Crippen LogP contribution >= 0.6 is 0 Å². The van der Waals surface area contributed by atoms with Gasteiger partial charge in [-0.15, -0.1) is 0 Å². The lowest BCUT2D eigenvalue weighted by molar-refractivity contribution is -0.162. The molecule has 0 aromatic heterocycles. The van der Waals surface area contributed by atoms with Crippen LogP contribution < -0.4 is 26.0 Å². The fourth-order valence-electron chi connectivity index (χ4n) is 7.15. The van der Waals surface area contributed by atoms with Crippen molar-refractivity contribution >= 4 is 47.2 Å². The third kappa shape index (κ3) is 10.1. The molecule has 3 saturated heterocycles. The lowest BCUT2D eigenvalue weighted by atomic mass is 10.0. The molecule has 0 saturated carbocycles. The first-order valence-electron chi connectivity index (χ1n) is 18.6. The Bertz CT molecular complexity index is 1850. The number of likely N-dealkylation sites (N-methyl/N-ethyl adjacent to an activating group) is 1. The number of ether oxygens (including phenoxy) is 2. The number of fused-ring (bicyclic) bond motifs is 2. The Morgan fingerprint density at radius 1 is 0.895 bits per heavy atom. The van der Waals surface area contributed by atoms with Crippen LogP contribution in [0.4, 0.5) is 23.7 Å². The van der Waals surface area contributed by atoms with E-state index in [9.17, 15) is 46.7 Å². The van der Waals surface area contributed by atoms with Gasteiger partial charge in [-0.25, -0.2) is 22.8 Å². The molecule has 57 heavy (non-hydrogen) atoms. The van der Waals surface area contributed by atoms with Gasteiger partial charge in [-0.1, -0.05) is 0 Å². The van der Waals surface area contributed by atoms with E-state index in [-0.39, 0.29) is 42.9 Å². The third-order valence-electron chi connectivity index (χ3n) is 10.3. The molecule has 0 radical (unpaired) electrons. The smallest absolute Gasteiger partial charge is 0.329 e. The minimum absolute atomic E-state index is 0.0314. The lowest BCUT2D eigenvalue weighted by Crippen LogP contribution is -2.62. The Balaban J connectivity index is 1.47. The molecule has 2 unspecified atom stereocenters. The van der Waals surface area contributed by atoms with Gasteiger partial charge < -0.3 is 45.4 Å². The predicted octanol–water partition coefficient (Wildman–Crippen LogP) is 1.77. The highest BCUT2D eigenvalue weighted by molar-refractivity contribution is 5.98.